The monoisotopic (exact) mass is 371 g/mol. The maximum atomic E-state index is 13.7. The third-order valence-corrected chi connectivity index (χ3v) is 4.84. The van der Waals surface area contributed by atoms with Crippen LogP contribution in [0.4, 0.5) is 10.1 Å². The summed E-state index contributed by atoms with van der Waals surface area (Å²) in [6, 6.07) is 12.0. The topological polar surface area (TPSA) is 72.7 Å². The van der Waals surface area contributed by atoms with Gasteiger partial charge in [-0.1, -0.05) is 41.6 Å². The van der Waals surface area contributed by atoms with E-state index in [4.69, 9.17) is 0 Å². The average molecular weight is 371 g/mol. The van der Waals surface area contributed by atoms with E-state index in [2.05, 4.69) is 20.8 Å². The predicted molar refractivity (Wildman–Crippen MR) is 99.0 cm³/mol. The molecule has 0 radical (unpaired) electrons. The molecule has 3 aromatic rings. The van der Waals surface area contributed by atoms with E-state index < -0.39 is 11.1 Å². The van der Waals surface area contributed by atoms with Gasteiger partial charge in [-0.15, -0.1) is 5.10 Å². The summed E-state index contributed by atoms with van der Waals surface area (Å²) in [6.07, 6.45) is 0. The molecular formula is C18H18FN5OS. The highest BCUT2D eigenvalue weighted by Crippen LogP contribution is 2.25. The highest BCUT2D eigenvalue weighted by atomic mass is 32.2. The van der Waals surface area contributed by atoms with Crippen molar-refractivity contribution in [3.63, 3.8) is 0 Å². The van der Waals surface area contributed by atoms with E-state index in [1.165, 1.54) is 23.9 Å². The zero-order chi connectivity index (χ0) is 18.7. The van der Waals surface area contributed by atoms with Crippen LogP contribution in [0.3, 0.4) is 0 Å². The number of rotatable bonds is 5. The van der Waals surface area contributed by atoms with E-state index in [1.807, 2.05) is 32.0 Å². The van der Waals surface area contributed by atoms with Gasteiger partial charge in [0.25, 0.3) is 0 Å². The zero-order valence-corrected chi connectivity index (χ0v) is 15.4. The Kier molecular flexibility index (Phi) is 5.32. The summed E-state index contributed by atoms with van der Waals surface area (Å²) >= 11 is 1.21. The molecule has 26 heavy (non-hydrogen) atoms. The number of aryl methyl sites for hydroxylation is 2. The minimum absolute atomic E-state index is 0.152. The number of anilines is 1. The summed E-state index contributed by atoms with van der Waals surface area (Å²) in [5, 5.41) is 14.3. The number of aromatic nitrogens is 4. The van der Waals surface area contributed by atoms with Gasteiger partial charge in [-0.3, -0.25) is 4.79 Å². The van der Waals surface area contributed by atoms with Crippen molar-refractivity contribution < 1.29 is 9.18 Å². The summed E-state index contributed by atoms with van der Waals surface area (Å²) in [4.78, 5) is 12.4. The highest BCUT2D eigenvalue weighted by Gasteiger charge is 2.20. The molecule has 0 spiro atoms. The lowest BCUT2D eigenvalue weighted by molar-refractivity contribution is -0.115. The normalized spacial score (nSPS) is 12.0. The first-order valence-corrected chi connectivity index (χ1v) is 8.91. The van der Waals surface area contributed by atoms with Crippen molar-refractivity contribution in [1.29, 1.82) is 0 Å². The van der Waals surface area contributed by atoms with Gasteiger partial charge in [-0.05, 0) is 55.0 Å². The lowest BCUT2D eigenvalue weighted by Gasteiger charge is -2.13. The lowest BCUT2D eigenvalue weighted by Crippen LogP contribution is -2.23. The summed E-state index contributed by atoms with van der Waals surface area (Å²) in [5.41, 5.74) is 3.18. The Morgan fingerprint density at radius 3 is 2.73 bits per heavy atom. The Hall–Kier alpha value is -2.74. The molecule has 1 amide bonds. The molecule has 3 rings (SSSR count). The molecule has 1 atom stereocenters. The van der Waals surface area contributed by atoms with E-state index in [1.54, 1.807) is 23.7 Å². The van der Waals surface area contributed by atoms with Crippen LogP contribution in [-0.2, 0) is 4.79 Å². The number of carbonyl (C=O) groups is 1. The number of para-hydroxylation sites is 1. The van der Waals surface area contributed by atoms with Crippen LogP contribution in [0, 0.1) is 19.7 Å². The maximum absolute atomic E-state index is 13.7. The number of hydrogen-bond donors (Lipinski definition) is 1. The number of tetrazole rings is 1. The number of halogens is 1. The molecule has 0 unspecified atom stereocenters. The molecule has 0 aliphatic heterocycles. The second kappa shape index (κ2) is 7.65. The zero-order valence-electron chi connectivity index (χ0n) is 14.6. The molecule has 8 heteroatoms. The fourth-order valence-electron chi connectivity index (χ4n) is 2.46. The van der Waals surface area contributed by atoms with E-state index >= 15 is 0 Å². The molecule has 0 bridgehead atoms. The largest absolute Gasteiger partial charge is 0.323 e. The molecule has 0 saturated carbocycles. The van der Waals surface area contributed by atoms with Gasteiger partial charge in [0, 0.05) is 0 Å². The molecular weight excluding hydrogens is 353 g/mol. The molecule has 134 valence electrons. The summed E-state index contributed by atoms with van der Waals surface area (Å²) < 4.78 is 15.3. The smallest absolute Gasteiger partial charge is 0.237 e. The third-order valence-electron chi connectivity index (χ3n) is 3.80. The lowest BCUT2D eigenvalue weighted by atomic mass is 10.1. The van der Waals surface area contributed by atoms with Gasteiger partial charge in [0.1, 0.15) is 5.82 Å². The van der Waals surface area contributed by atoms with Crippen LogP contribution >= 0.6 is 11.8 Å². The van der Waals surface area contributed by atoms with Crippen molar-refractivity contribution in [1.82, 2.24) is 20.2 Å². The Balaban J connectivity index is 1.76. The van der Waals surface area contributed by atoms with Crippen LogP contribution in [0.1, 0.15) is 18.1 Å². The van der Waals surface area contributed by atoms with Gasteiger partial charge < -0.3 is 5.32 Å². The second-order valence-electron chi connectivity index (χ2n) is 5.89. The van der Waals surface area contributed by atoms with Crippen LogP contribution in [-0.4, -0.2) is 31.4 Å². The van der Waals surface area contributed by atoms with Crippen LogP contribution in [0.5, 0.6) is 0 Å². The molecule has 0 saturated heterocycles. The Morgan fingerprint density at radius 2 is 2.00 bits per heavy atom. The first-order valence-electron chi connectivity index (χ1n) is 8.04. The molecule has 6 nitrogen and oxygen atoms in total. The number of amides is 1. The van der Waals surface area contributed by atoms with Crippen molar-refractivity contribution >= 4 is 23.4 Å². The first kappa shape index (κ1) is 18.1. The van der Waals surface area contributed by atoms with Crippen molar-refractivity contribution in [3.8, 4) is 5.69 Å². The molecule has 2 aromatic carbocycles. The van der Waals surface area contributed by atoms with E-state index in [9.17, 15) is 9.18 Å². The van der Waals surface area contributed by atoms with Crippen LogP contribution < -0.4 is 5.32 Å². The number of carbonyl (C=O) groups excluding carboxylic acids is 1. The van der Waals surface area contributed by atoms with Crippen LogP contribution in [0.15, 0.2) is 47.6 Å². The van der Waals surface area contributed by atoms with Gasteiger partial charge in [-0.2, -0.15) is 4.68 Å². The minimum atomic E-state index is -0.509. The fraction of sp³-hybridized carbons (Fsp3) is 0.222. The summed E-state index contributed by atoms with van der Waals surface area (Å²) in [5.74, 6) is -0.798. The first-order chi connectivity index (χ1) is 12.5. The standard InChI is InChI=1S/C18H18FN5OS/c1-11-8-9-16(12(2)10-11)24-18(21-22-23-24)26-13(3)17(25)20-15-7-5-4-6-14(15)19/h4-10,13H,1-3H3,(H,20,25)/t13-/m0/s1. The van der Waals surface area contributed by atoms with Crippen molar-refractivity contribution in [2.24, 2.45) is 0 Å². The van der Waals surface area contributed by atoms with Gasteiger partial charge in [0.2, 0.25) is 11.1 Å². The fourth-order valence-corrected chi connectivity index (χ4v) is 3.26. The van der Waals surface area contributed by atoms with Crippen molar-refractivity contribution in [3.05, 3.63) is 59.4 Å². The van der Waals surface area contributed by atoms with E-state index in [0.29, 0.717) is 5.16 Å². The molecule has 0 aliphatic rings. The Bertz CT molecular complexity index is 943. The Labute approximate surface area is 154 Å². The number of thioether (sulfide) groups is 1. The van der Waals surface area contributed by atoms with E-state index in [-0.39, 0.29) is 11.6 Å². The van der Waals surface area contributed by atoms with Crippen LogP contribution in [0.25, 0.3) is 5.69 Å². The summed E-state index contributed by atoms with van der Waals surface area (Å²) in [7, 11) is 0. The van der Waals surface area contributed by atoms with Gasteiger partial charge in [0.05, 0.1) is 16.6 Å². The average Bonchev–Trinajstić information content (AvgIpc) is 3.04. The number of hydrogen-bond acceptors (Lipinski definition) is 5. The van der Waals surface area contributed by atoms with Crippen LogP contribution in [0.2, 0.25) is 0 Å². The third kappa shape index (κ3) is 3.91. The molecule has 0 aliphatic carbocycles. The van der Waals surface area contributed by atoms with E-state index in [0.717, 1.165) is 16.8 Å². The number of nitrogens with zero attached hydrogens (tertiary/aromatic N) is 4. The SMILES string of the molecule is Cc1ccc(-n2nnnc2S[C@@H](C)C(=O)Nc2ccccc2F)c(C)c1. The molecule has 1 heterocycles. The Morgan fingerprint density at radius 1 is 1.23 bits per heavy atom. The molecule has 0 fully saturated rings. The van der Waals surface area contributed by atoms with Gasteiger partial charge >= 0.3 is 0 Å². The molecule has 1 aromatic heterocycles. The van der Waals surface area contributed by atoms with Gasteiger partial charge in [0.15, 0.2) is 0 Å². The maximum Gasteiger partial charge on any atom is 0.237 e. The number of benzene rings is 2. The number of nitrogens with one attached hydrogen (secondary N) is 1. The molecule has 1 N–H and O–H groups in total. The van der Waals surface area contributed by atoms with Crippen molar-refractivity contribution in [2.75, 3.05) is 5.32 Å². The highest BCUT2D eigenvalue weighted by molar-refractivity contribution is 8.00. The quantitative estimate of drug-likeness (QED) is 0.695. The predicted octanol–water partition coefficient (Wildman–Crippen LogP) is 3.54. The summed E-state index contributed by atoms with van der Waals surface area (Å²) in [6.45, 7) is 5.72. The van der Waals surface area contributed by atoms with Crippen molar-refractivity contribution in [2.45, 2.75) is 31.2 Å². The minimum Gasteiger partial charge on any atom is -0.323 e. The second-order valence-corrected chi connectivity index (χ2v) is 7.20. The van der Waals surface area contributed by atoms with Gasteiger partial charge in [-0.25, -0.2) is 4.39 Å².